The van der Waals surface area contributed by atoms with Crippen molar-refractivity contribution in [3.05, 3.63) is 0 Å². The summed E-state index contributed by atoms with van der Waals surface area (Å²) in [5, 5.41) is 0. The second-order valence-corrected chi connectivity index (χ2v) is 2.78. The van der Waals surface area contributed by atoms with Gasteiger partial charge in [0.05, 0.1) is 6.54 Å². The predicted octanol–water partition coefficient (Wildman–Crippen LogP) is 0.713. The molecule has 0 saturated carbocycles. The molecule has 1 saturated heterocycles. The SMILES string of the molecule is CC(C)N=C1OCCN1C. The molecule has 0 aromatic heterocycles. The highest BCUT2D eigenvalue weighted by Gasteiger charge is 2.15. The molecule has 1 aliphatic heterocycles. The summed E-state index contributed by atoms with van der Waals surface area (Å²) in [6, 6.07) is 1.12. The van der Waals surface area contributed by atoms with Crippen LogP contribution in [-0.4, -0.2) is 37.2 Å². The molecule has 0 bridgehead atoms. The molecule has 0 aromatic rings. The standard InChI is InChI=1S/C7H14N2O/c1-6(2)8-7-9(3)4-5-10-7/h6H,4-5H2,1-3H3. The summed E-state index contributed by atoms with van der Waals surface area (Å²) < 4.78 is 5.25. The van der Waals surface area contributed by atoms with Crippen LogP contribution in [0.15, 0.2) is 4.99 Å². The maximum absolute atomic E-state index is 5.25. The molecule has 3 nitrogen and oxygen atoms in total. The second-order valence-electron chi connectivity index (χ2n) is 2.78. The van der Waals surface area contributed by atoms with Gasteiger partial charge in [-0.15, -0.1) is 0 Å². The van der Waals surface area contributed by atoms with Gasteiger partial charge in [0.1, 0.15) is 6.61 Å². The van der Waals surface area contributed by atoms with Crippen LogP contribution in [0.25, 0.3) is 0 Å². The molecule has 1 aliphatic rings. The number of likely N-dealkylation sites (N-methyl/N-ethyl adjacent to an activating group) is 1. The van der Waals surface area contributed by atoms with Gasteiger partial charge >= 0.3 is 0 Å². The zero-order chi connectivity index (χ0) is 7.56. The van der Waals surface area contributed by atoms with Gasteiger partial charge in [-0.1, -0.05) is 0 Å². The lowest BCUT2D eigenvalue weighted by Crippen LogP contribution is -2.21. The fraction of sp³-hybridized carbons (Fsp3) is 0.857. The minimum absolute atomic E-state index is 0.329. The van der Waals surface area contributed by atoms with Crippen molar-refractivity contribution >= 4 is 6.02 Å². The first-order valence-corrected chi connectivity index (χ1v) is 3.62. The summed E-state index contributed by atoms with van der Waals surface area (Å²) in [5.74, 6) is 0. The van der Waals surface area contributed by atoms with Gasteiger partial charge in [0.2, 0.25) is 0 Å². The molecule has 1 rings (SSSR count). The summed E-state index contributed by atoms with van der Waals surface area (Å²) >= 11 is 0. The van der Waals surface area contributed by atoms with Crippen molar-refractivity contribution < 1.29 is 4.74 Å². The van der Waals surface area contributed by atoms with Gasteiger partial charge < -0.3 is 9.64 Å². The van der Waals surface area contributed by atoms with Crippen LogP contribution in [0.1, 0.15) is 13.8 Å². The molecule has 10 heavy (non-hydrogen) atoms. The Bertz CT molecular complexity index is 143. The Hall–Kier alpha value is -0.730. The van der Waals surface area contributed by atoms with E-state index in [1.54, 1.807) is 0 Å². The molecule has 3 heteroatoms. The summed E-state index contributed by atoms with van der Waals surface area (Å²) in [6.07, 6.45) is 0. The van der Waals surface area contributed by atoms with E-state index < -0.39 is 0 Å². The van der Waals surface area contributed by atoms with Gasteiger partial charge in [-0.3, -0.25) is 0 Å². The molecule has 58 valence electrons. The molecule has 0 N–H and O–H groups in total. The van der Waals surface area contributed by atoms with Crippen LogP contribution >= 0.6 is 0 Å². The molecule has 0 aromatic carbocycles. The Kier molecular flexibility index (Phi) is 2.14. The van der Waals surface area contributed by atoms with E-state index in [9.17, 15) is 0 Å². The number of hydrogen-bond donors (Lipinski definition) is 0. The highest BCUT2D eigenvalue weighted by molar-refractivity contribution is 5.75. The molecule has 0 radical (unpaired) electrons. The van der Waals surface area contributed by atoms with E-state index in [-0.39, 0.29) is 0 Å². The van der Waals surface area contributed by atoms with Crippen LogP contribution in [0.2, 0.25) is 0 Å². The van der Waals surface area contributed by atoms with Crippen molar-refractivity contribution in [1.29, 1.82) is 0 Å². The van der Waals surface area contributed by atoms with Crippen LogP contribution in [0.3, 0.4) is 0 Å². The minimum atomic E-state index is 0.329. The highest BCUT2D eigenvalue weighted by Crippen LogP contribution is 2.01. The van der Waals surface area contributed by atoms with Gasteiger partial charge in [-0.25, -0.2) is 4.99 Å². The third-order valence-corrected chi connectivity index (χ3v) is 1.35. The van der Waals surface area contributed by atoms with E-state index in [0.717, 1.165) is 19.2 Å². The number of nitrogens with zero attached hydrogens (tertiary/aromatic N) is 2. The lowest BCUT2D eigenvalue weighted by Gasteiger charge is -2.08. The maximum Gasteiger partial charge on any atom is 0.287 e. The molecule has 1 fully saturated rings. The van der Waals surface area contributed by atoms with Gasteiger partial charge in [0, 0.05) is 13.1 Å². The smallest absolute Gasteiger partial charge is 0.287 e. The van der Waals surface area contributed by atoms with Gasteiger partial charge in [-0.2, -0.15) is 0 Å². The Balaban J connectivity index is 2.54. The maximum atomic E-state index is 5.25. The van der Waals surface area contributed by atoms with E-state index in [0.29, 0.717) is 6.04 Å². The van der Waals surface area contributed by atoms with Crippen LogP contribution in [0.5, 0.6) is 0 Å². The van der Waals surface area contributed by atoms with Crippen LogP contribution < -0.4 is 0 Å². The van der Waals surface area contributed by atoms with Crippen molar-refractivity contribution in [2.75, 3.05) is 20.2 Å². The number of rotatable bonds is 1. The lowest BCUT2D eigenvalue weighted by molar-refractivity contribution is 0.349. The topological polar surface area (TPSA) is 24.8 Å². The van der Waals surface area contributed by atoms with Crippen molar-refractivity contribution in [3.8, 4) is 0 Å². The first-order valence-electron chi connectivity index (χ1n) is 3.62. The Morgan fingerprint density at radius 3 is 2.70 bits per heavy atom. The molecule has 1 heterocycles. The van der Waals surface area contributed by atoms with Crippen LogP contribution in [-0.2, 0) is 4.74 Å². The van der Waals surface area contributed by atoms with E-state index in [1.807, 2.05) is 25.8 Å². The van der Waals surface area contributed by atoms with Crippen LogP contribution in [0.4, 0.5) is 0 Å². The molecular formula is C7H14N2O. The average Bonchev–Trinajstić information content (AvgIpc) is 2.15. The Morgan fingerprint density at radius 1 is 1.60 bits per heavy atom. The largest absolute Gasteiger partial charge is 0.463 e. The summed E-state index contributed by atoms with van der Waals surface area (Å²) in [4.78, 5) is 6.31. The summed E-state index contributed by atoms with van der Waals surface area (Å²) in [7, 11) is 1.99. The minimum Gasteiger partial charge on any atom is -0.463 e. The molecule has 0 amide bonds. The zero-order valence-corrected chi connectivity index (χ0v) is 6.79. The summed E-state index contributed by atoms with van der Waals surface area (Å²) in [6.45, 7) is 5.83. The van der Waals surface area contributed by atoms with E-state index in [1.165, 1.54) is 0 Å². The van der Waals surface area contributed by atoms with E-state index in [4.69, 9.17) is 4.74 Å². The van der Waals surface area contributed by atoms with E-state index in [2.05, 4.69) is 4.99 Å². The number of aliphatic imine (C=N–C) groups is 1. The number of ether oxygens (including phenoxy) is 1. The highest BCUT2D eigenvalue weighted by atomic mass is 16.5. The van der Waals surface area contributed by atoms with Gasteiger partial charge in [0.15, 0.2) is 0 Å². The van der Waals surface area contributed by atoms with Crippen molar-refractivity contribution in [2.24, 2.45) is 4.99 Å². The molecule has 0 unspecified atom stereocenters. The number of amidine groups is 1. The fourth-order valence-corrected chi connectivity index (χ4v) is 0.836. The lowest BCUT2D eigenvalue weighted by atomic mass is 10.4. The van der Waals surface area contributed by atoms with Crippen molar-refractivity contribution in [3.63, 3.8) is 0 Å². The monoisotopic (exact) mass is 142 g/mol. The molecule has 0 spiro atoms. The first kappa shape index (κ1) is 7.38. The van der Waals surface area contributed by atoms with Gasteiger partial charge in [-0.05, 0) is 13.8 Å². The van der Waals surface area contributed by atoms with Gasteiger partial charge in [0.25, 0.3) is 6.02 Å². The van der Waals surface area contributed by atoms with Crippen molar-refractivity contribution in [1.82, 2.24) is 4.90 Å². The Morgan fingerprint density at radius 2 is 2.30 bits per heavy atom. The fourth-order valence-electron chi connectivity index (χ4n) is 0.836. The summed E-state index contributed by atoms with van der Waals surface area (Å²) in [5.41, 5.74) is 0. The predicted molar refractivity (Wildman–Crippen MR) is 41.2 cm³/mol. The molecule has 0 atom stereocenters. The quantitative estimate of drug-likeness (QED) is 0.538. The molecule has 0 aliphatic carbocycles. The molecular weight excluding hydrogens is 128 g/mol. The Labute approximate surface area is 61.7 Å². The number of hydrogen-bond acceptors (Lipinski definition) is 2. The van der Waals surface area contributed by atoms with Crippen molar-refractivity contribution in [2.45, 2.75) is 19.9 Å². The average molecular weight is 142 g/mol. The third-order valence-electron chi connectivity index (χ3n) is 1.35. The zero-order valence-electron chi connectivity index (χ0n) is 6.79. The van der Waals surface area contributed by atoms with E-state index >= 15 is 0 Å². The second kappa shape index (κ2) is 2.90. The third kappa shape index (κ3) is 1.62. The first-order chi connectivity index (χ1) is 4.70. The van der Waals surface area contributed by atoms with Crippen LogP contribution in [0, 0.1) is 0 Å². The normalized spacial score (nSPS) is 22.4.